The van der Waals surface area contributed by atoms with Crippen LogP contribution in [0.2, 0.25) is 0 Å². The maximum Gasteiger partial charge on any atom is 0.126 e. The van der Waals surface area contributed by atoms with Gasteiger partial charge in [0.05, 0.1) is 7.11 Å². The molecule has 0 unspecified atom stereocenters. The Balaban J connectivity index is 2.51. The van der Waals surface area contributed by atoms with Crippen LogP contribution in [-0.4, -0.2) is 12.1 Å². The van der Waals surface area contributed by atoms with E-state index < -0.39 is 0 Å². The molecule has 0 atom stereocenters. The predicted octanol–water partition coefficient (Wildman–Crippen LogP) is 2.76. The second-order valence-electron chi connectivity index (χ2n) is 2.94. The minimum Gasteiger partial charge on any atom is -0.496 e. The second kappa shape index (κ2) is 3.92. The Labute approximate surface area is 83.2 Å². The molecule has 0 fully saturated rings. The lowest BCUT2D eigenvalue weighted by Crippen LogP contribution is -1.86. The number of rotatable bonds is 2. The highest BCUT2D eigenvalue weighted by Gasteiger charge is 2.02. The lowest BCUT2D eigenvalue weighted by atomic mass is 10.1. The van der Waals surface area contributed by atoms with Crippen LogP contribution in [0.5, 0.6) is 5.75 Å². The number of para-hydroxylation sites is 1. The van der Waals surface area contributed by atoms with E-state index in [-0.39, 0.29) is 0 Å². The van der Waals surface area contributed by atoms with E-state index in [9.17, 15) is 0 Å². The van der Waals surface area contributed by atoms with E-state index in [2.05, 4.69) is 4.98 Å². The summed E-state index contributed by atoms with van der Waals surface area (Å²) in [6, 6.07) is 11.9. The van der Waals surface area contributed by atoms with Gasteiger partial charge in [-0.3, -0.25) is 4.98 Å². The van der Waals surface area contributed by atoms with Crippen molar-refractivity contribution in [3.05, 3.63) is 48.8 Å². The highest BCUT2D eigenvalue weighted by molar-refractivity contribution is 5.69. The molecule has 0 bridgehead atoms. The van der Waals surface area contributed by atoms with Gasteiger partial charge in [-0.05, 0) is 23.8 Å². The number of hydrogen-bond acceptors (Lipinski definition) is 2. The number of benzene rings is 1. The molecule has 2 rings (SSSR count). The summed E-state index contributed by atoms with van der Waals surface area (Å²) in [5, 5.41) is 0. The van der Waals surface area contributed by atoms with Crippen LogP contribution >= 0.6 is 0 Å². The lowest BCUT2D eigenvalue weighted by molar-refractivity contribution is 0.416. The quantitative estimate of drug-likeness (QED) is 0.717. The van der Waals surface area contributed by atoms with Crippen molar-refractivity contribution in [1.29, 1.82) is 0 Å². The largest absolute Gasteiger partial charge is 0.496 e. The van der Waals surface area contributed by atoms with Crippen molar-refractivity contribution in [3.63, 3.8) is 0 Å². The summed E-state index contributed by atoms with van der Waals surface area (Å²) >= 11 is 0. The van der Waals surface area contributed by atoms with Gasteiger partial charge in [-0.2, -0.15) is 0 Å². The van der Waals surface area contributed by atoms with Crippen LogP contribution < -0.4 is 4.74 Å². The summed E-state index contributed by atoms with van der Waals surface area (Å²) in [6.07, 6.45) is 3.56. The number of aromatic nitrogens is 1. The van der Waals surface area contributed by atoms with Gasteiger partial charge in [-0.25, -0.2) is 0 Å². The third kappa shape index (κ3) is 1.59. The molecule has 70 valence electrons. The highest BCUT2D eigenvalue weighted by Crippen LogP contribution is 2.28. The average molecular weight is 185 g/mol. The zero-order chi connectivity index (χ0) is 9.80. The lowest BCUT2D eigenvalue weighted by Gasteiger charge is -2.07. The predicted molar refractivity (Wildman–Crippen MR) is 56.2 cm³/mol. The Hall–Kier alpha value is -1.83. The Morgan fingerprint density at radius 1 is 1.00 bits per heavy atom. The van der Waals surface area contributed by atoms with E-state index in [1.165, 1.54) is 0 Å². The number of methoxy groups -OCH3 is 1. The molecular weight excluding hydrogens is 174 g/mol. The van der Waals surface area contributed by atoms with Crippen molar-refractivity contribution < 1.29 is 4.74 Å². The molecule has 0 amide bonds. The first-order valence-corrected chi connectivity index (χ1v) is 4.45. The molecule has 1 heterocycles. The molecule has 0 radical (unpaired) electrons. The smallest absolute Gasteiger partial charge is 0.126 e. The summed E-state index contributed by atoms with van der Waals surface area (Å²) < 4.78 is 5.28. The van der Waals surface area contributed by atoms with Gasteiger partial charge in [0.2, 0.25) is 0 Å². The third-order valence-electron chi connectivity index (χ3n) is 2.10. The van der Waals surface area contributed by atoms with Crippen LogP contribution in [0.15, 0.2) is 48.8 Å². The van der Waals surface area contributed by atoms with Gasteiger partial charge in [0.25, 0.3) is 0 Å². The first-order chi connectivity index (χ1) is 6.92. The van der Waals surface area contributed by atoms with Gasteiger partial charge in [0, 0.05) is 18.0 Å². The highest BCUT2D eigenvalue weighted by atomic mass is 16.5. The first-order valence-electron chi connectivity index (χ1n) is 4.45. The van der Waals surface area contributed by atoms with Gasteiger partial charge < -0.3 is 4.74 Å². The van der Waals surface area contributed by atoms with Gasteiger partial charge in [-0.15, -0.1) is 0 Å². The molecule has 0 aliphatic rings. The van der Waals surface area contributed by atoms with Crippen molar-refractivity contribution in [2.75, 3.05) is 7.11 Å². The third-order valence-corrected chi connectivity index (χ3v) is 2.10. The number of nitrogens with zero attached hydrogens (tertiary/aromatic N) is 1. The van der Waals surface area contributed by atoms with Crippen LogP contribution in [0, 0.1) is 0 Å². The fourth-order valence-electron chi connectivity index (χ4n) is 1.41. The average Bonchev–Trinajstić information content (AvgIpc) is 2.30. The molecule has 0 aliphatic heterocycles. The molecule has 2 aromatic rings. The maximum atomic E-state index is 5.28. The first kappa shape index (κ1) is 8.75. The zero-order valence-corrected chi connectivity index (χ0v) is 7.97. The van der Waals surface area contributed by atoms with E-state index in [4.69, 9.17) is 4.74 Å². The standard InChI is InChI=1S/C12H11NO/c1-14-12-5-3-2-4-11(12)10-6-8-13-9-7-10/h2-9H,1H3. The van der Waals surface area contributed by atoms with E-state index in [1.807, 2.05) is 36.4 Å². The Kier molecular flexibility index (Phi) is 2.45. The van der Waals surface area contributed by atoms with E-state index in [0.29, 0.717) is 0 Å². The van der Waals surface area contributed by atoms with Crippen molar-refractivity contribution in [1.82, 2.24) is 4.98 Å². The van der Waals surface area contributed by atoms with Gasteiger partial charge in [0.15, 0.2) is 0 Å². The molecule has 0 N–H and O–H groups in total. The fourth-order valence-corrected chi connectivity index (χ4v) is 1.41. The molecule has 2 heteroatoms. The van der Waals surface area contributed by atoms with Gasteiger partial charge in [-0.1, -0.05) is 18.2 Å². The molecule has 0 saturated heterocycles. The summed E-state index contributed by atoms with van der Waals surface area (Å²) in [7, 11) is 1.68. The van der Waals surface area contributed by atoms with Crippen molar-refractivity contribution in [2.24, 2.45) is 0 Å². The summed E-state index contributed by atoms with van der Waals surface area (Å²) in [5.74, 6) is 0.888. The second-order valence-corrected chi connectivity index (χ2v) is 2.94. The molecule has 1 aromatic carbocycles. The fraction of sp³-hybridized carbons (Fsp3) is 0.0833. The minimum atomic E-state index is 0.888. The topological polar surface area (TPSA) is 22.1 Å². The van der Waals surface area contributed by atoms with Crippen LogP contribution in [-0.2, 0) is 0 Å². The monoisotopic (exact) mass is 185 g/mol. The Morgan fingerprint density at radius 2 is 1.71 bits per heavy atom. The number of hydrogen-bond donors (Lipinski definition) is 0. The van der Waals surface area contributed by atoms with Crippen molar-refractivity contribution in [3.8, 4) is 16.9 Å². The summed E-state index contributed by atoms with van der Waals surface area (Å²) in [6.45, 7) is 0. The normalized spacial score (nSPS) is 9.79. The molecule has 1 aromatic heterocycles. The SMILES string of the molecule is COc1ccccc1-c1ccncc1. The molecule has 0 spiro atoms. The van der Waals surface area contributed by atoms with Crippen molar-refractivity contribution >= 4 is 0 Å². The summed E-state index contributed by atoms with van der Waals surface area (Å²) in [4.78, 5) is 3.99. The number of ether oxygens (including phenoxy) is 1. The van der Waals surface area contributed by atoms with E-state index >= 15 is 0 Å². The van der Waals surface area contributed by atoms with Gasteiger partial charge in [0.1, 0.15) is 5.75 Å². The summed E-state index contributed by atoms with van der Waals surface area (Å²) in [5.41, 5.74) is 2.22. The van der Waals surface area contributed by atoms with E-state index in [1.54, 1.807) is 19.5 Å². The van der Waals surface area contributed by atoms with Crippen LogP contribution in [0.25, 0.3) is 11.1 Å². The molecule has 0 saturated carbocycles. The van der Waals surface area contributed by atoms with Gasteiger partial charge >= 0.3 is 0 Å². The van der Waals surface area contributed by atoms with Crippen LogP contribution in [0.1, 0.15) is 0 Å². The minimum absolute atomic E-state index is 0.888. The van der Waals surface area contributed by atoms with E-state index in [0.717, 1.165) is 16.9 Å². The molecular formula is C12H11NO. The Bertz CT molecular complexity index is 412. The number of pyridine rings is 1. The Morgan fingerprint density at radius 3 is 2.43 bits per heavy atom. The maximum absolute atomic E-state index is 5.28. The van der Waals surface area contributed by atoms with Crippen molar-refractivity contribution in [2.45, 2.75) is 0 Å². The molecule has 14 heavy (non-hydrogen) atoms. The van der Waals surface area contributed by atoms with Crippen LogP contribution in [0.4, 0.5) is 0 Å². The zero-order valence-electron chi connectivity index (χ0n) is 7.97. The molecule has 2 nitrogen and oxygen atoms in total. The molecule has 0 aliphatic carbocycles. The van der Waals surface area contributed by atoms with Crippen LogP contribution in [0.3, 0.4) is 0 Å².